The second-order valence-electron chi connectivity index (χ2n) is 4.26. The number of aliphatic hydroxyl groups is 1. The van der Waals surface area contributed by atoms with E-state index < -0.39 is 4.92 Å². The summed E-state index contributed by atoms with van der Waals surface area (Å²) in [5, 5.41) is 22.8. The third-order valence-corrected chi connectivity index (χ3v) is 3.60. The molecule has 1 unspecified atom stereocenters. The van der Waals surface area contributed by atoms with E-state index in [0.717, 1.165) is 18.5 Å². The predicted octanol–water partition coefficient (Wildman–Crippen LogP) is 2.47. The average molecular weight is 317 g/mol. The number of nitrogens with zero attached hydrogens (tertiary/aromatic N) is 1. The van der Waals surface area contributed by atoms with Crippen LogP contribution < -0.4 is 5.32 Å². The van der Waals surface area contributed by atoms with Crippen molar-refractivity contribution in [2.24, 2.45) is 5.92 Å². The Balaban J connectivity index is 2.57. The van der Waals surface area contributed by atoms with E-state index in [9.17, 15) is 10.1 Å². The number of hydrogen-bond donors (Lipinski definition) is 2. The van der Waals surface area contributed by atoms with Crippen molar-refractivity contribution in [3.8, 4) is 0 Å². The topological polar surface area (TPSA) is 75.4 Å². The first-order valence-electron chi connectivity index (χ1n) is 5.79. The molecule has 0 radical (unpaired) electrons. The zero-order valence-corrected chi connectivity index (χ0v) is 11.8. The predicted molar refractivity (Wildman–Crippen MR) is 73.4 cm³/mol. The number of nitro groups is 1. The first-order valence-corrected chi connectivity index (χ1v) is 6.59. The summed E-state index contributed by atoms with van der Waals surface area (Å²) in [5.41, 5.74) is 0.943. The molecule has 0 fully saturated rings. The molecule has 5 nitrogen and oxygen atoms in total. The molecule has 6 heteroatoms. The molecule has 0 aliphatic rings. The maximum absolute atomic E-state index is 10.8. The van der Waals surface area contributed by atoms with E-state index in [-0.39, 0.29) is 12.3 Å². The normalized spacial score (nSPS) is 12.4. The zero-order valence-electron chi connectivity index (χ0n) is 10.2. The molecule has 0 saturated heterocycles. The fourth-order valence-electron chi connectivity index (χ4n) is 1.62. The van der Waals surface area contributed by atoms with Gasteiger partial charge in [0.05, 0.1) is 9.40 Å². The van der Waals surface area contributed by atoms with Crippen molar-refractivity contribution in [3.63, 3.8) is 0 Å². The Bertz CT molecular complexity index is 412. The van der Waals surface area contributed by atoms with E-state index >= 15 is 0 Å². The minimum absolute atomic E-state index is 0.0812. The Morgan fingerprint density at radius 3 is 2.89 bits per heavy atom. The zero-order chi connectivity index (χ0) is 13.5. The summed E-state index contributed by atoms with van der Waals surface area (Å²) in [4.78, 5) is 10.4. The van der Waals surface area contributed by atoms with Crippen LogP contribution in [0.1, 0.15) is 18.9 Å². The highest BCUT2D eigenvalue weighted by atomic mass is 79.9. The standard InChI is InChI=1S/C12H17BrN2O3/c1-9(5-6-16)7-14-8-10-3-2-4-11(12(10)13)15(17)18/h2-4,9,14,16H,5-8H2,1H3. The van der Waals surface area contributed by atoms with Gasteiger partial charge in [0.25, 0.3) is 5.69 Å². The first-order chi connectivity index (χ1) is 8.56. The molecule has 0 saturated carbocycles. The van der Waals surface area contributed by atoms with Gasteiger partial charge in [-0.25, -0.2) is 0 Å². The Labute approximate surface area is 114 Å². The van der Waals surface area contributed by atoms with Gasteiger partial charge < -0.3 is 10.4 Å². The van der Waals surface area contributed by atoms with Crippen molar-refractivity contribution < 1.29 is 10.0 Å². The number of aliphatic hydroxyl groups excluding tert-OH is 1. The van der Waals surface area contributed by atoms with Crippen LogP contribution in [0.3, 0.4) is 0 Å². The number of nitrogens with one attached hydrogen (secondary N) is 1. The summed E-state index contributed by atoms with van der Waals surface area (Å²) in [5.74, 6) is 0.382. The molecule has 0 aliphatic heterocycles. The fourth-order valence-corrected chi connectivity index (χ4v) is 2.17. The van der Waals surface area contributed by atoms with Crippen LogP contribution in [-0.4, -0.2) is 23.2 Å². The van der Waals surface area contributed by atoms with Gasteiger partial charge in [-0.3, -0.25) is 10.1 Å². The first kappa shape index (κ1) is 15.1. The molecule has 0 aliphatic carbocycles. The second-order valence-corrected chi connectivity index (χ2v) is 5.05. The molecule has 100 valence electrons. The maximum atomic E-state index is 10.8. The lowest BCUT2D eigenvalue weighted by Crippen LogP contribution is -2.21. The van der Waals surface area contributed by atoms with Gasteiger partial charge in [-0.1, -0.05) is 19.1 Å². The number of benzene rings is 1. The van der Waals surface area contributed by atoms with Crippen LogP contribution in [0.2, 0.25) is 0 Å². The average Bonchev–Trinajstić information content (AvgIpc) is 2.31. The third kappa shape index (κ3) is 4.36. The number of nitro benzene ring substituents is 1. The molecule has 1 aromatic carbocycles. The van der Waals surface area contributed by atoms with Gasteiger partial charge in [-0.05, 0) is 40.4 Å². The van der Waals surface area contributed by atoms with Crippen LogP contribution in [0.4, 0.5) is 5.69 Å². The molecule has 18 heavy (non-hydrogen) atoms. The van der Waals surface area contributed by atoms with Crippen molar-refractivity contribution in [3.05, 3.63) is 38.3 Å². The van der Waals surface area contributed by atoms with Gasteiger partial charge >= 0.3 is 0 Å². The highest BCUT2D eigenvalue weighted by Gasteiger charge is 2.14. The van der Waals surface area contributed by atoms with Gasteiger partial charge in [0.15, 0.2) is 0 Å². The van der Waals surface area contributed by atoms with Crippen LogP contribution in [0.15, 0.2) is 22.7 Å². The number of halogens is 1. The largest absolute Gasteiger partial charge is 0.396 e. The Morgan fingerprint density at radius 1 is 1.56 bits per heavy atom. The monoisotopic (exact) mass is 316 g/mol. The minimum Gasteiger partial charge on any atom is -0.396 e. The van der Waals surface area contributed by atoms with Crippen molar-refractivity contribution in [1.82, 2.24) is 5.32 Å². The van der Waals surface area contributed by atoms with Crippen LogP contribution in [0, 0.1) is 16.0 Å². The van der Waals surface area contributed by atoms with Crippen molar-refractivity contribution in [2.75, 3.05) is 13.2 Å². The highest BCUT2D eigenvalue weighted by molar-refractivity contribution is 9.10. The van der Waals surface area contributed by atoms with E-state index in [1.807, 2.05) is 13.0 Å². The highest BCUT2D eigenvalue weighted by Crippen LogP contribution is 2.28. The number of hydrogen-bond acceptors (Lipinski definition) is 4. The van der Waals surface area contributed by atoms with E-state index in [0.29, 0.717) is 16.9 Å². The van der Waals surface area contributed by atoms with Crippen molar-refractivity contribution >= 4 is 21.6 Å². The van der Waals surface area contributed by atoms with Gasteiger partial charge in [0.1, 0.15) is 0 Å². The van der Waals surface area contributed by atoms with E-state index in [2.05, 4.69) is 21.2 Å². The smallest absolute Gasteiger partial charge is 0.283 e. The minimum atomic E-state index is -0.401. The molecular formula is C12H17BrN2O3. The van der Waals surface area contributed by atoms with Crippen LogP contribution >= 0.6 is 15.9 Å². The SMILES string of the molecule is CC(CCO)CNCc1cccc([N+](=O)[O-])c1Br. The van der Waals surface area contributed by atoms with Crippen LogP contribution in [-0.2, 0) is 6.54 Å². The molecule has 0 spiro atoms. The van der Waals surface area contributed by atoms with Gasteiger partial charge in [0.2, 0.25) is 0 Å². The van der Waals surface area contributed by atoms with Crippen LogP contribution in [0.25, 0.3) is 0 Å². The van der Waals surface area contributed by atoms with E-state index in [4.69, 9.17) is 5.11 Å². The van der Waals surface area contributed by atoms with Crippen LogP contribution in [0.5, 0.6) is 0 Å². The summed E-state index contributed by atoms with van der Waals surface area (Å²) >= 11 is 3.26. The fraction of sp³-hybridized carbons (Fsp3) is 0.500. The molecule has 1 atom stereocenters. The molecule has 0 aromatic heterocycles. The molecule has 2 N–H and O–H groups in total. The number of rotatable bonds is 7. The molecule has 0 bridgehead atoms. The summed E-state index contributed by atoms with van der Waals surface area (Å²) in [6.07, 6.45) is 0.753. The Kier molecular flexibility index (Phi) is 6.24. The summed E-state index contributed by atoms with van der Waals surface area (Å²) in [7, 11) is 0. The third-order valence-electron chi connectivity index (χ3n) is 2.69. The second kappa shape index (κ2) is 7.45. The molecule has 0 heterocycles. The molecule has 0 amide bonds. The van der Waals surface area contributed by atoms with Crippen molar-refractivity contribution in [2.45, 2.75) is 19.9 Å². The lowest BCUT2D eigenvalue weighted by molar-refractivity contribution is -0.385. The lowest BCUT2D eigenvalue weighted by Gasteiger charge is -2.11. The van der Waals surface area contributed by atoms with Crippen molar-refractivity contribution in [1.29, 1.82) is 0 Å². The Hall–Kier alpha value is -0.980. The lowest BCUT2D eigenvalue weighted by atomic mass is 10.1. The summed E-state index contributed by atoms with van der Waals surface area (Å²) < 4.78 is 0.525. The van der Waals surface area contributed by atoms with Gasteiger partial charge in [-0.15, -0.1) is 0 Å². The van der Waals surface area contributed by atoms with Gasteiger partial charge in [-0.2, -0.15) is 0 Å². The Morgan fingerprint density at radius 2 is 2.28 bits per heavy atom. The molecule has 1 aromatic rings. The van der Waals surface area contributed by atoms with E-state index in [1.165, 1.54) is 6.07 Å². The quantitative estimate of drug-likeness (QED) is 0.598. The summed E-state index contributed by atoms with van der Waals surface area (Å²) in [6.45, 7) is 3.57. The summed E-state index contributed by atoms with van der Waals surface area (Å²) in [6, 6.07) is 5.00. The maximum Gasteiger partial charge on any atom is 0.283 e. The van der Waals surface area contributed by atoms with Gasteiger partial charge in [0, 0.05) is 19.2 Å². The molecule has 1 rings (SSSR count). The van der Waals surface area contributed by atoms with E-state index in [1.54, 1.807) is 6.07 Å². The molecular weight excluding hydrogens is 300 g/mol.